The first-order valence-corrected chi connectivity index (χ1v) is 7.48. The zero-order valence-electron chi connectivity index (χ0n) is 13.0. The molecular formula is C18H14F3N3O. The Hall–Kier alpha value is -3.09. The van der Waals surface area contributed by atoms with Crippen LogP contribution < -0.4 is 5.32 Å². The van der Waals surface area contributed by atoms with Gasteiger partial charge in [0.05, 0.1) is 23.0 Å². The summed E-state index contributed by atoms with van der Waals surface area (Å²) in [6.07, 6.45) is -2.95. The van der Waals surface area contributed by atoms with E-state index in [1.807, 2.05) is 30.3 Å². The molecule has 128 valence electrons. The number of carbonyl (C=O) groups is 1. The maximum atomic E-state index is 12.5. The molecule has 3 rings (SSSR count). The molecule has 0 saturated carbocycles. The molecular weight excluding hydrogens is 331 g/mol. The molecule has 0 saturated heterocycles. The van der Waals surface area contributed by atoms with Gasteiger partial charge in [-0.1, -0.05) is 42.5 Å². The van der Waals surface area contributed by atoms with E-state index < -0.39 is 11.7 Å². The van der Waals surface area contributed by atoms with Gasteiger partial charge in [0.2, 0.25) is 0 Å². The quantitative estimate of drug-likeness (QED) is 0.750. The van der Waals surface area contributed by atoms with Crippen molar-refractivity contribution in [3.63, 3.8) is 0 Å². The fourth-order valence-corrected chi connectivity index (χ4v) is 2.37. The van der Waals surface area contributed by atoms with Gasteiger partial charge >= 0.3 is 6.18 Å². The second-order valence-electron chi connectivity index (χ2n) is 5.40. The van der Waals surface area contributed by atoms with Crippen LogP contribution in [-0.4, -0.2) is 16.1 Å². The average Bonchev–Trinajstić information content (AvgIpc) is 3.10. The van der Waals surface area contributed by atoms with Crippen LogP contribution >= 0.6 is 0 Å². The molecule has 0 fully saturated rings. The predicted molar refractivity (Wildman–Crippen MR) is 86.6 cm³/mol. The van der Waals surface area contributed by atoms with Crippen molar-refractivity contribution in [1.82, 2.24) is 15.5 Å². The summed E-state index contributed by atoms with van der Waals surface area (Å²) in [6, 6.07) is 13.9. The van der Waals surface area contributed by atoms with Gasteiger partial charge in [0.25, 0.3) is 5.91 Å². The third-order valence-electron chi connectivity index (χ3n) is 3.68. The molecule has 0 spiro atoms. The first-order chi connectivity index (χ1) is 11.9. The molecule has 0 radical (unpaired) electrons. The lowest BCUT2D eigenvalue weighted by molar-refractivity contribution is -0.137. The molecule has 0 aliphatic heterocycles. The van der Waals surface area contributed by atoms with Gasteiger partial charge in [-0.25, -0.2) is 0 Å². The molecule has 0 atom stereocenters. The SMILES string of the molecule is O=C(NCc1ccc(C(F)(F)F)cc1)c1cn[nH]c1-c1ccccc1. The predicted octanol–water partition coefficient (Wildman–Crippen LogP) is 4.03. The Morgan fingerprint density at radius 1 is 1.04 bits per heavy atom. The van der Waals surface area contributed by atoms with Crippen LogP contribution in [-0.2, 0) is 12.7 Å². The van der Waals surface area contributed by atoms with E-state index in [4.69, 9.17) is 0 Å². The fourth-order valence-electron chi connectivity index (χ4n) is 2.37. The molecule has 0 aliphatic carbocycles. The van der Waals surface area contributed by atoms with Crippen LogP contribution in [0.3, 0.4) is 0 Å². The number of hydrogen-bond donors (Lipinski definition) is 2. The van der Waals surface area contributed by atoms with Crippen LogP contribution in [0.25, 0.3) is 11.3 Å². The number of halogens is 3. The summed E-state index contributed by atoms with van der Waals surface area (Å²) in [5.41, 5.74) is 1.64. The molecule has 1 heterocycles. The lowest BCUT2D eigenvalue weighted by Gasteiger charge is -2.09. The molecule has 0 bridgehead atoms. The minimum absolute atomic E-state index is 0.121. The summed E-state index contributed by atoms with van der Waals surface area (Å²) < 4.78 is 37.6. The molecule has 1 amide bonds. The van der Waals surface area contributed by atoms with Crippen LogP contribution in [0.15, 0.2) is 60.8 Å². The number of hydrogen-bond acceptors (Lipinski definition) is 2. The number of carbonyl (C=O) groups excluding carboxylic acids is 1. The maximum Gasteiger partial charge on any atom is 0.416 e. The van der Waals surface area contributed by atoms with Crippen LogP contribution in [0.2, 0.25) is 0 Å². The van der Waals surface area contributed by atoms with Crippen LogP contribution in [0, 0.1) is 0 Å². The monoisotopic (exact) mass is 345 g/mol. The van der Waals surface area contributed by atoms with Crippen molar-refractivity contribution >= 4 is 5.91 Å². The molecule has 7 heteroatoms. The summed E-state index contributed by atoms with van der Waals surface area (Å²) in [7, 11) is 0. The lowest BCUT2D eigenvalue weighted by atomic mass is 10.1. The highest BCUT2D eigenvalue weighted by molar-refractivity contribution is 5.99. The summed E-state index contributed by atoms with van der Waals surface area (Å²) in [5.74, 6) is -0.354. The number of benzene rings is 2. The molecule has 0 unspecified atom stereocenters. The van der Waals surface area contributed by atoms with Crippen LogP contribution in [0.5, 0.6) is 0 Å². The number of amides is 1. The summed E-state index contributed by atoms with van der Waals surface area (Å²) in [4.78, 5) is 12.3. The van der Waals surface area contributed by atoms with Crippen molar-refractivity contribution in [2.75, 3.05) is 0 Å². The number of alkyl halides is 3. The highest BCUT2D eigenvalue weighted by Gasteiger charge is 2.29. The Bertz CT molecular complexity index is 855. The minimum atomic E-state index is -4.37. The van der Waals surface area contributed by atoms with Gasteiger partial charge < -0.3 is 5.32 Å². The van der Waals surface area contributed by atoms with Crippen molar-refractivity contribution in [3.05, 3.63) is 77.5 Å². The Balaban J connectivity index is 1.69. The highest BCUT2D eigenvalue weighted by Crippen LogP contribution is 2.29. The topological polar surface area (TPSA) is 57.8 Å². The zero-order valence-corrected chi connectivity index (χ0v) is 13.0. The summed E-state index contributed by atoms with van der Waals surface area (Å²) in [6.45, 7) is 0.121. The van der Waals surface area contributed by atoms with E-state index in [1.165, 1.54) is 18.3 Å². The molecule has 2 aromatic carbocycles. The van der Waals surface area contributed by atoms with Gasteiger partial charge in [-0.15, -0.1) is 0 Å². The Morgan fingerprint density at radius 2 is 1.72 bits per heavy atom. The van der Waals surface area contributed by atoms with Crippen molar-refractivity contribution in [3.8, 4) is 11.3 Å². The zero-order chi connectivity index (χ0) is 17.9. The van der Waals surface area contributed by atoms with E-state index in [-0.39, 0.29) is 12.5 Å². The van der Waals surface area contributed by atoms with Gasteiger partial charge in [-0.3, -0.25) is 9.89 Å². The first-order valence-electron chi connectivity index (χ1n) is 7.48. The van der Waals surface area contributed by atoms with Gasteiger partial charge in [0.15, 0.2) is 0 Å². The molecule has 25 heavy (non-hydrogen) atoms. The highest BCUT2D eigenvalue weighted by atomic mass is 19.4. The summed E-state index contributed by atoms with van der Waals surface area (Å²) >= 11 is 0. The van der Waals surface area contributed by atoms with E-state index in [0.29, 0.717) is 16.8 Å². The van der Waals surface area contributed by atoms with E-state index in [1.54, 1.807) is 0 Å². The lowest BCUT2D eigenvalue weighted by Crippen LogP contribution is -2.23. The van der Waals surface area contributed by atoms with E-state index in [2.05, 4.69) is 15.5 Å². The molecule has 3 aromatic rings. The van der Waals surface area contributed by atoms with Gasteiger partial charge in [0, 0.05) is 12.1 Å². The number of rotatable bonds is 4. The molecule has 0 aliphatic rings. The van der Waals surface area contributed by atoms with Gasteiger partial charge in [-0.05, 0) is 17.7 Å². The third-order valence-corrected chi connectivity index (χ3v) is 3.68. The summed E-state index contributed by atoms with van der Waals surface area (Å²) in [5, 5.41) is 9.38. The largest absolute Gasteiger partial charge is 0.416 e. The third kappa shape index (κ3) is 3.88. The van der Waals surface area contributed by atoms with Crippen LogP contribution in [0.4, 0.5) is 13.2 Å². The fraction of sp³-hybridized carbons (Fsp3) is 0.111. The maximum absolute atomic E-state index is 12.5. The van der Waals surface area contributed by atoms with E-state index >= 15 is 0 Å². The normalized spacial score (nSPS) is 11.3. The standard InChI is InChI=1S/C18H14F3N3O/c19-18(20,21)14-8-6-12(7-9-14)10-22-17(25)15-11-23-24-16(15)13-4-2-1-3-5-13/h1-9,11H,10H2,(H,22,25)(H,23,24). The Kier molecular flexibility index (Phi) is 4.56. The second-order valence-corrected chi connectivity index (χ2v) is 5.40. The number of aromatic nitrogens is 2. The number of nitrogens with zero attached hydrogens (tertiary/aromatic N) is 1. The molecule has 2 N–H and O–H groups in total. The van der Waals surface area contributed by atoms with Crippen molar-refractivity contribution < 1.29 is 18.0 Å². The van der Waals surface area contributed by atoms with E-state index in [9.17, 15) is 18.0 Å². The first kappa shape index (κ1) is 16.8. The molecule has 1 aromatic heterocycles. The van der Waals surface area contributed by atoms with E-state index in [0.717, 1.165) is 17.7 Å². The van der Waals surface area contributed by atoms with Crippen molar-refractivity contribution in [2.24, 2.45) is 0 Å². The van der Waals surface area contributed by atoms with Gasteiger partial charge in [-0.2, -0.15) is 18.3 Å². The average molecular weight is 345 g/mol. The number of aromatic amines is 1. The minimum Gasteiger partial charge on any atom is -0.348 e. The smallest absolute Gasteiger partial charge is 0.348 e. The second kappa shape index (κ2) is 6.80. The number of H-pyrrole nitrogens is 1. The Morgan fingerprint density at radius 3 is 2.36 bits per heavy atom. The Labute approximate surface area is 141 Å². The van der Waals surface area contributed by atoms with Crippen molar-refractivity contribution in [2.45, 2.75) is 12.7 Å². The molecule has 4 nitrogen and oxygen atoms in total. The van der Waals surface area contributed by atoms with Crippen molar-refractivity contribution in [1.29, 1.82) is 0 Å². The van der Waals surface area contributed by atoms with Gasteiger partial charge in [0.1, 0.15) is 0 Å². The van der Waals surface area contributed by atoms with Crippen LogP contribution in [0.1, 0.15) is 21.5 Å². The number of nitrogens with one attached hydrogen (secondary N) is 2.